The van der Waals surface area contributed by atoms with Crippen LogP contribution in [0.3, 0.4) is 0 Å². The van der Waals surface area contributed by atoms with Crippen molar-refractivity contribution in [3.8, 4) is 5.69 Å². The Morgan fingerprint density at radius 3 is 2.95 bits per heavy atom. The van der Waals surface area contributed by atoms with Gasteiger partial charge >= 0.3 is 0 Å². The molecule has 102 valence electrons. The number of imidazole rings is 1. The predicted octanol–water partition coefficient (Wildman–Crippen LogP) is 0.947. The molecular formula is C14H14N4O2. The molecule has 2 aromatic rings. The highest BCUT2D eigenvalue weighted by molar-refractivity contribution is 5.98. The van der Waals surface area contributed by atoms with Crippen molar-refractivity contribution in [3.05, 3.63) is 43.0 Å². The third kappa shape index (κ3) is 2.40. The maximum Gasteiger partial charge on any atom is 0.229 e. The lowest BCUT2D eigenvalue weighted by atomic mass is 10.1. The average Bonchev–Trinajstić information content (AvgIpc) is 3.10. The van der Waals surface area contributed by atoms with Crippen molar-refractivity contribution in [1.29, 1.82) is 0 Å². The van der Waals surface area contributed by atoms with Crippen molar-refractivity contribution in [2.45, 2.75) is 6.42 Å². The number of hydrogen-bond acceptors (Lipinski definition) is 3. The molecule has 1 unspecified atom stereocenters. The van der Waals surface area contributed by atoms with Gasteiger partial charge in [0.25, 0.3) is 0 Å². The summed E-state index contributed by atoms with van der Waals surface area (Å²) >= 11 is 0. The fourth-order valence-electron chi connectivity index (χ4n) is 2.23. The number of hydrogen-bond donors (Lipinski definition) is 2. The molecule has 1 aliphatic rings. The summed E-state index contributed by atoms with van der Waals surface area (Å²) in [6.07, 6.45) is 5.41. The van der Waals surface area contributed by atoms with Crippen LogP contribution in [0.5, 0.6) is 0 Å². The van der Waals surface area contributed by atoms with Crippen LogP contribution in [0.25, 0.3) is 5.69 Å². The van der Waals surface area contributed by atoms with E-state index in [9.17, 15) is 9.59 Å². The van der Waals surface area contributed by atoms with Crippen LogP contribution in [0, 0.1) is 5.92 Å². The van der Waals surface area contributed by atoms with Crippen LogP contribution in [0.15, 0.2) is 43.0 Å². The van der Waals surface area contributed by atoms with Gasteiger partial charge < -0.3 is 15.2 Å². The first-order chi connectivity index (χ1) is 9.74. The summed E-state index contributed by atoms with van der Waals surface area (Å²) in [6.45, 7) is 0.401. The highest BCUT2D eigenvalue weighted by atomic mass is 16.2. The quantitative estimate of drug-likeness (QED) is 0.871. The molecule has 2 heterocycles. The number of nitrogens with one attached hydrogen (secondary N) is 2. The van der Waals surface area contributed by atoms with Crippen molar-refractivity contribution in [3.63, 3.8) is 0 Å². The standard InChI is InChI=1S/C14H14N4O2/c19-13-7-10(8-16-13)14(20)17-11-3-1-2-4-12(11)18-6-5-15-9-18/h1-6,9-10H,7-8H2,(H,16,19)(H,17,20). The summed E-state index contributed by atoms with van der Waals surface area (Å²) in [4.78, 5) is 27.3. The molecule has 1 saturated heterocycles. The molecule has 2 amide bonds. The summed E-state index contributed by atoms with van der Waals surface area (Å²) in [5.41, 5.74) is 1.55. The number of carbonyl (C=O) groups is 2. The Kier molecular flexibility index (Phi) is 3.20. The van der Waals surface area contributed by atoms with E-state index in [1.165, 1.54) is 0 Å². The number of nitrogens with zero attached hydrogens (tertiary/aromatic N) is 2. The van der Waals surface area contributed by atoms with Gasteiger partial charge in [0, 0.05) is 25.4 Å². The second kappa shape index (κ2) is 5.16. The fourth-order valence-corrected chi connectivity index (χ4v) is 2.23. The van der Waals surface area contributed by atoms with E-state index in [2.05, 4.69) is 15.6 Å². The highest BCUT2D eigenvalue weighted by Crippen LogP contribution is 2.21. The predicted molar refractivity (Wildman–Crippen MR) is 73.3 cm³/mol. The zero-order valence-electron chi connectivity index (χ0n) is 10.7. The van der Waals surface area contributed by atoms with Gasteiger partial charge in [-0.05, 0) is 12.1 Å². The molecule has 0 radical (unpaired) electrons. The Hall–Kier alpha value is -2.63. The number of amides is 2. The number of rotatable bonds is 3. The molecule has 6 heteroatoms. The zero-order valence-corrected chi connectivity index (χ0v) is 10.7. The van der Waals surface area contributed by atoms with Gasteiger partial charge in [0.1, 0.15) is 0 Å². The van der Waals surface area contributed by atoms with Crippen LogP contribution in [-0.4, -0.2) is 27.9 Å². The van der Waals surface area contributed by atoms with Crippen molar-refractivity contribution in [2.75, 3.05) is 11.9 Å². The molecule has 1 atom stereocenters. The minimum atomic E-state index is -0.307. The van der Waals surface area contributed by atoms with Gasteiger partial charge in [0.2, 0.25) is 11.8 Å². The molecule has 0 bridgehead atoms. The third-order valence-corrected chi connectivity index (χ3v) is 3.29. The molecule has 1 fully saturated rings. The van der Waals surface area contributed by atoms with Gasteiger partial charge in [-0.2, -0.15) is 0 Å². The van der Waals surface area contributed by atoms with Crippen molar-refractivity contribution in [2.24, 2.45) is 5.92 Å². The Balaban J connectivity index is 1.81. The van der Waals surface area contributed by atoms with Crippen molar-refractivity contribution in [1.82, 2.24) is 14.9 Å². The minimum Gasteiger partial charge on any atom is -0.355 e. The van der Waals surface area contributed by atoms with Crippen molar-refractivity contribution >= 4 is 17.5 Å². The number of benzene rings is 1. The lowest BCUT2D eigenvalue weighted by Gasteiger charge is -2.13. The molecule has 0 saturated carbocycles. The first kappa shape index (κ1) is 12.4. The van der Waals surface area contributed by atoms with Crippen LogP contribution in [0.2, 0.25) is 0 Å². The molecule has 2 N–H and O–H groups in total. The molecule has 1 aliphatic heterocycles. The van der Waals surface area contributed by atoms with Crippen LogP contribution in [0.1, 0.15) is 6.42 Å². The second-order valence-corrected chi connectivity index (χ2v) is 4.68. The highest BCUT2D eigenvalue weighted by Gasteiger charge is 2.28. The molecule has 1 aromatic heterocycles. The summed E-state index contributed by atoms with van der Waals surface area (Å²) in [6, 6.07) is 7.48. The molecule has 0 aliphatic carbocycles. The maximum atomic E-state index is 12.2. The number of para-hydroxylation sites is 2. The molecule has 20 heavy (non-hydrogen) atoms. The minimum absolute atomic E-state index is 0.0759. The Morgan fingerprint density at radius 1 is 1.40 bits per heavy atom. The smallest absolute Gasteiger partial charge is 0.229 e. The monoisotopic (exact) mass is 270 g/mol. The van der Waals surface area contributed by atoms with E-state index in [1.54, 1.807) is 12.5 Å². The number of anilines is 1. The first-order valence-corrected chi connectivity index (χ1v) is 6.39. The molecule has 0 spiro atoms. The van der Waals surface area contributed by atoms with E-state index in [-0.39, 0.29) is 24.2 Å². The second-order valence-electron chi connectivity index (χ2n) is 4.68. The van der Waals surface area contributed by atoms with E-state index in [0.29, 0.717) is 12.2 Å². The lowest BCUT2D eigenvalue weighted by molar-refractivity contribution is -0.123. The first-order valence-electron chi connectivity index (χ1n) is 6.39. The van der Waals surface area contributed by atoms with Gasteiger partial charge in [-0.1, -0.05) is 12.1 Å². The van der Waals surface area contributed by atoms with Gasteiger partial charge in [0.15, 0.2) is 0 Å². The topological polar surface area (TPSA) is 76.0 Å². The van der Waals surface area contributed by atoms with Crippen LogP contribution >= 0.6 is 0 Å². The van der Waals surface area contributed by atoms with Gasteiger partial charge in [-0.25, -0.2) is 4.98 Å². The van der Waals surface area contributed by atoms with E-state index in [4.69, 9.17) is 0 Å². The molecule has 1 aromatic carbocycles. The molecular weight excluding hydrogens is 256 g/mol. The Morgan fingerprint density at radius 2 is 2.25 bits per heavy atom. The Labute approximate surface area is 115 Å². The Bertz CT molecular complexity index is 636. The van der Waals surface area contributed by atoms with Gasteiger partial charge in [-0.15, -0.1) is 0 Å². The van der Waals surface area contributed by atoms with E-state index in [1.807, 2.05) is 35.0 Å². The normalized spacial score (nSPS) is 17.8. The summed E-state index contributed by atoms with van der Waals surface area (Å²) in [5, 5.41) is 5.55. The number of carbonyl (C=O) groups excluding carboxylic acids is 2. The van der Waals surface area contributed by atoms with Crippen LogP contribution in [0.4, 0.5) is 5.69 Å². The third-order valence-electron chi connectivity index (χ3n) is 3.29. The number of aromatic nitrogens is 2. The summed E-state index contributed by atoms with van der Waals surface area (Å²) in [7, 11) is 0. The summed E-state index contributed by atoms with van der Waals surface area (Å²) in [5.74, 6) is -0.526. The SMILES string of the molecule is O=C1CC(C(=O)Nc2ccccc2-n2ccnc2)CN1. The zero-order chi connectivity index (χ0) is 13.9. The van der Waals surface area contributed by atoms with Crippen molar-refractivity contribution < 1.29 is 9.59 Å². The maximum absolute atomic E-state index is 12.2. The van der Waals surface area contributed by atoms with Gasteiger partial charge in [0.05, 0.1) is 23.6 Å². The van der Waals surface area contributed by atoms with E-state index >= 15 is 0 Å². The van der Waals surface area contributed by atoms with Crippen LogP contribution in [-0.2, 0) is 9.59 Å². The summed E-state index contributed by atoms with van der Waals surface area (Å²) < 4.78 is 1.83. The molecule has 3 rings (SSSR count). The fraction of sp³-hybridized carbons (Fsp3) is 0.214. The van der Waals surface area contributed by atoms with E-state index in [0.717, 1.165) is 5.69 Å². The van der Waals surface area contributed by atoms with Gasteiger partial charge in [-0.3, -0.25) is 9.59 Å². The lowest BCUT2D eigenvalue weighted by Crippen LogP contribution is -2.25. The largest absolute Gasteiger partial charge is 0.355 e. The molecule has 6 nitrogen and oxygen atoms in total. The van der Waals surface area contributed by atoms with E-state index < -0.39 is 0 Å². The average molecular weight is 270 g/mol. The van der Waals surface area contributed by atoms with Crippen LogP contribution < -0.4 is 10.6 Å².